The molecule has 0 saturated carbocycles. The third-order valence-electron chi connectivity index (χ3n) is 4.83. The zero-order valence-corrected chi connectivity index (χ0v) is 17.7. The number of amides is 1. The Morgan fingerprint density at radius 2 is 1.77 bits per heavy atom. The monoisotopic (exact) mass is 443 g/mol. The van der Waals surface area contributed by atoms with Crippen molar-refractivity contribution in [3.8, 4) is 11.8 Å². The number of ether oxygens (including phenoxy) is 2. The van der Waals surface area contributed by atoms with Crippen LogP contribution in [0.4, 0.5) is 0 Å². The molecule has 2 aromatic rings. The van der Waals surface area contributed by atoms with Gasteiger partial charge in [0, 0.05) is 26.2 Å². The highest BCUT2D eigenvalue weighted by atomic mass is 32.2. The fourth-order valence-electron chi connectivity index (χ4n) is 3.17. The number of hydrogen-bond donors (Lipinski definition) is 0. The number of piperazine rings is 1. The lowest BCUT2D eigenvalue weighted by molar-refractivity contribution is -0.134. The molecule has 0 N–H and O–H groups in total. The molecule has 0 aromatic heterocycles. The maximum absolute atomic E-state index is 12.9. The zero-order valence-electron chi connectivity index (χ0n) is 16.9. The molecule has 1 aliphatic heterocycles. The molecular formula is C21H21N3O6S. The van der Waals surface area contributed by atoms with E-state index in [0.717, 1.165) is 0 Å². The summed E-state index contributed by atoms with van der Waals surface area (Å²) in [4.78, 5) is 25.5. The molecule has 2 aromatic carbocycles. The molecule has 1 aliphatic rings. The summed E-state index contributed by atoms with van der Waals surface area (Å²) >= 11 is 0. The summed E-state index contributed by atoms with van der Waals surface area (Å²) in [6.07, 6.45) is 0. The quantitative estimate of drug-likeness (QED) is 0.617. The highest BCUT2D eigenvalue weighted by Crippen LogP contribution is 2.21. The van der Waals surface area contributed by atoms with E-state index in [9.17, 15) is 23.3 Å². The minimum Gasteiger partial charge on any atom is -0.484 e. The molecule has 1 saturated heterocycles. The number of methoxy groups -OCH3 is 1. The fraction of sp³-hybridized carbons (Fsp3) is 0.286. The summed E-state index contributed by atoms with van der Waals surface area (Å²) in [6.45, 7) is 0.405. The van der Waals surface area contributed by atoms with Crippen molar-refractivity contribution in [3.05, 3.63) is 59.7 Å². The standard InChI is InChI=1S/C21H21N3O6S/c1-29-21(26)16-6-4-7-18(13-16)30-15-20(25)23-9-11-24(12-10-23)31(27,28)19-8-3-2-5-17(19)14-22/h2-8,13H,9-12,15H2,1H3. The van der Waals surface area contributed by atoms with Gasteiger partial charge >= 0.3 is 5.97 Å². The van der Waals surface area contributed by atoms with Crippen molar-refractivity contribution in [2.75, 3.05) is 39.9 Å². The second-order valence-electron chi connectivity index (χ2n) is 6.70. The molecule has 162 valence electrons. The van der Waals surface area contributed by atoms with Gasteiger partial charge in [-0.2, -0.15) is 9.57 Å². The van der Waals surface area contributed by atoms with E-state index in [0.29, 0.717) is 11.3 Å². The maximum atomic E-state index is 12.9. The lowest BCUT2D eigenvalue weighted by atomic mass is 10.2. The molecule has 31 heavy (non-hydrogen) atoms. The molecule has 0 atom stereocenters. The summed E-state index contributed by atoms with van der Waals surface area (Å²) in [5.74, 6) is -0.449. The van der Waals surface area contributed by atoms with Gasteiger partial charge in [-0.1, -0.05) is 18.2 Å². The Bertz CT molecular complexity index is 1120. The molecule has 0 bridgehead atoms. The Kier molecular flexibility index (Phi) is 6.89. The van der Waals surface area contributed by atoms with E-state index in [1.165, 1.54) is 34.5 Å². The maximum Gasteiger partial charge on any atom is 0.337 e. The highest BCUT2D eigenvalue weighted by molar-refractivity contribution is 7.89. The predicted octanol–water partition coefficient (Wildman–Crippen LogP) is 1.26. The Morgan fingerprint density at radius 3 is 2.45 bits per heavy atom. The lowest BCUT2D eigenvalue weighted by Crippen LogP contribution is -2.51. The topological polar surface area (TPSA) is 117 Å². The fourth-order valence-corrected chi connectivity index (χ4v) is 4.73. The molecule has 3 rings (SSSR count). The molecule has 10 heteroatoms. The number of hydrogen-bond acceptors (Lipinski definition) is 7. The second-order valence-corrected chi connectivity index (χ2v) is 8.61. The van der Waals surface area contributed by atoms with Gasteiger partial charge in [-0.25, -0.2) is 13.2 Å². The molecular weight excluding hydrogens is 422 g/mol. The van der Waals surface area contributed by atoms with Gasteiger partial charge < -0.3 is 14.4 Å². The average Bonchev–Trinajstić information content (AvgIpc) is 2.82. The first kappa shape index (κ1) is 22.3. The molecule has 0 aliphatic carbocycles. The van der Waals surface area contributed by atoms with Gasteiger partial charge in [-0.3, -0.25) is 4.79 Å². The van der Waals surface area contributed by atoms with Gasteiger partial charge in [0.05, 0.1) is 23.1 Å². The van der Waals surface area contributed by atoms with Crippen LogP contribution in [0.3, 0.4) is 0 Å². The van der Waals surface area contributed by atoms with Crippen molar-refractivity contribution in [1.82, 2.24) is 9.21 Å². The third kappa shape index (κ3) is 5.02. The van der Waals surface area contributed by atoms with Crippen molar-refractivity contribution in [3.63, 3.8) is 0 Å². The first-order valence-electron chi connectivity index (χ1n) is 9.45. The summed E-state index contributed by atoms with van der Waals surface area (Å²) in [7, 11) is -2.55. The Morgan fingerprint density at radius 1 is 1.06 bits per heavy atom. The normalized spacial score (nSPS) is 14.5. The van der Waals surface area contributed by atoms with Crippen LogP contribution in [0.1, 0.15) is 15.9 Å². The van der Waals surface area contributed by atoms with Gasteiger partial charge in [0.2, 0.25) is 10.0 Å². The molecule has 0 spiro atoms. The van der Waals surface area contributed by atoms with E-state index < -0.39 is 16.0 Å². The van der Waals surface area contributed by atoms with Crippen LogP contribution in [-0.4, -0.2) is 69.4 Å². The van der Waals surface area contributed by atoms with Crippen LogP contribution in [0.15, 0.2) is 53.4 Å². The van der Waals surface area contributed by atoms with Crippen LogP contribution < -0.4 is 4.74 Å². The number of sulfonamides is 1. The van der Waals surface area contributed by atoms with Crippen LogP contribution >= 0.6 is 0 Å². The number of rotatable bonds is 6. The molecule has 0 unspecified atom stereocenters. The van der Waals surface area contributed by atoms with Crippen molar-refractivity contribution < 1.29 is 27.5 Å². The van der Waals surface area contributed by atoms with Crippen molar-refractivity contribution in [2.45, 2.75) is 4.90 Å². The van der Waals surface area contributed by atoms with E-state index in [1.54, 1.807) is 30.3 Å². The van der Waals surface area contributed by atoms with E-state index >= 15 is 0 Å². The number of nitriles is 1. The average molecular weight is 443 g/mol. The smallest absolute Gasteiger partial charge is 0.337 e. The molecule has 9 nitrogen and oxygen atoms in total. The minimum absolute atomic E-state index is 0.0360. The number of nitrogens with zero attached hydrogens (tertiary/aromatic N) is 3. The summed E-state index contributed by atoms with van der Waals surface area (Å²) in [5, 5.41) is 9.18. The van der Waals surface area contributed by atoms with Crippen molar-refractivity contribution in [2.24, 2.45) is 0 Å². The highest BCUT2D eigenvalue weighted by Gasteiger charge is 2.31. The minimum atomic E-state index is -3.83. The van der Waals surface area contributed by atoms with E-state index in [2.05, 4.69) is 4.74 Å². The summed E-state index contributed by atoms with van der Waals surface area (Å²) in [5.41, 5.74) is 0.396. The van der Waals surface area contributed by atoms with Crippen LogP contribution in [0.25, 0.3) is 0 Å². The lowest BCUT2D eigenvalue weighted by Gasteiger charge is -2.34. The Labute approximate surface area is 180 Å². The first-order valence-corrected chi connectivity index (χ1v) is 10.9. The van der Waals surface area contributed by atoms with E-state index in [4.69, 9.17) is 4.74 Å². The number of carbonyl (C=O) groups is 2. The van der Waals surface area contributed by atoms with Gasteiger partial charge in [0.1, 0.15) is 11.8 Å². The van der Waals surface area contributed by atoms with E-state index in [1.807, 2.05) is 6.07 Å². The Hall–Kier alpha value is -3.42. The number of carbonyl (C=O) groups excluding carboxylic acids is 2. The van der Waals surface area contributed by atoms with Crippen LogP contribution in [0.2, 0.25) is 0 Å². The van der Waals surface area contributed by atoms with Gasteiger partial charge in [-0.05, 0) is 30.3 Å². The molecule has 1 amide bonds. The summed E-state index contributed by atoms with van der Waals surface area (Å²) < 4.78 is 37.2. The molecule has 0 radical (unpaired) electrons. The van der Waals surface area contributed by atoms with Crippen molar-refractivity contribution >= 4 is 21.9 Å². The first-order chi connectivity index (χ1) is 14.9. The SMILES string of the molecule is COC(=O)c1cccc(OCC(=O)N2CCN(S(=O)(=O)c3ccccc3C#N)CC2)c1. The predicted molar refractivity (Wildman–Crippen MR) is 110 cm³/mol. The van der Waals surface area contributed by atoms with Crippen molar-refractivity contribution in [1.29, 1.82) is 5.26 Å². The van der Waals surface area contributed by atoms with Gasteiger partial charge in [0.15, 0.2) is 6.61 Å². The number of benzene rings is 2. The Balaban J connectivity index is 1.58. The molecule has 1 fully saturated rings. The van der Waals surface area contributed by atoms with Gasteiger partial charge in [-0.15, -0.1) is 0 Å². The third-order valence-corrected chi connectivity index (χ3v) is 6.79. The van der Waals surface area contributed by atoms with Crippen LogP contribution in [0, 0.1) is 11.3 Å². The number of esters is 1. The second kappa shape index (κ2) is 9.59. The van der Waals surface area contributed by atoms with Gasteiger partial charge in [0.25, 0.3) is 5.91 Å². The van der Waals surface area contributed by atoms with Crippen LogP contribution in [-0.2, 0) is 19.6 Å². The summed E-state index contributed by atoms with van der Waals surface area (Å²) in [6, 6.07) is 14.2. The van der Waals surface area contributed by atoms with Crippen LogP contribution in [0.5, 0.6) is 5.75 Å². The largest absolute Gasteiger partial charge is 0.484 e. The molecule has 1 heterocycles. The zero-order chi connectivity index (χ0) is 22.4. The van der Waals surface area contributed by atoms with E-state index in [-0.39, 0.29) is 49.2 Å².